The molecule has 0 bridgehead atoms. The molecular weight excluding hydrogens is 368 g/mol. The second-order valence-electron chi connectivity index (χ2n) is 6.12. The molecule has 0 aromatic heterocycles. The number of amides is 1. The Morgan fingerprint density at radius 2 is 2.08 bits per heavy atom. The van der Waals surface area contributed by atoms with Crippen LogP contribution in [0.4, 0.5) is 0 Å². The number of benzene rings is 2. The summed E-state index contributed by atoms with van der Waals surface area (Å²) < 4.78 is 6.85. The zero-order valence-electron chi connectivity index (χ0n) is 13.8. The number of hydrogen-bond acceptors (Lipinski definition) is 3. The molecule has 0 saturated carbocycles. The lowest BCUT2D eigenvalue weighted by Gasteiger charge is -2.28. The molecule has 4 nitrogen and oxygen atoms in total. The monoisotopic (exact) mass is 388 g/mol. The van der Waals surface area contributed by atoms with Gasteiger partial charge < -0.3 is 15.4 Å². The summed E-state index contributed by atoms with van der Waals surface area (Å²) in [7, 11) is 0. The molecule has 1 fully saturated rings. The Balaban J connectivity index is 1.72. The van der Waals surface area contributed by atoms with Crippen molar-refractivity contribution in [1.29, 1.82) is 0 Å². The number of carbonyl (C=O) groups is 1. The van der Waals surface area contributed by atoms with E-state index in [1.165, 1.54) is 0 Å². The summed E-state index contributed by atoms with van der Waals surface area (Å²) in [5.41, 5.74) is 2.65. The number of halogens is 1. The molecule has 2 aromatic carbocycles. The summed E-state index contributed by atoms with van der Waals surface area (Å²) in [5, 5.41) is 6.23. The fourth-order valence-electron chi connectivity index (χ4n) is 2.59. The molecule has 0 radical (unpaired) electrons. The van der Waals surface area contributed by atoms with Gasteiger partial charge in [0.05, 0.1) is 6.04 Å². The Bertz CT molecular complexity index is 744. The number of aryl methyl sites for hydroxylation is 1. The highest BCUT2D eigenvalue weighted by atomic mass is 79.9. The highest BCUT2D eigenvalue weighted by molar-refractivity contribution is 9.10. The third-order valence-corrected chi connectivity index (χ3v) is 4.69. The van der Waals surface area contributed by atoms with E-state index in [1.54, 1.807) is 0 Å². The molecule has 1 saturated heterocycles. The van der Waals surface area contributed by atoms with Gasteiger partial charge in [-0.05, 0) is 49.2 Å². The minimum absolute atomic E-state index is 0.0743. The van der Waals surface area contributed by atoms with Crippen LogP contribution in [-0.2, 0) is 0 Å². The Morgan fingerprint density at radius 1 is 1.29 bits per heavy atom. The van der Waals surface area contributed by atoms with Crippen molar-refractivity contribution in [3.63, 3.8) is 0 Å². The van der Waals surface area contributed by atoms with Gasteiger partial charge >= 0.3 is 0 Å². The first-order valence-corrected chi connectivity index (χ1v) is 8.86. The van der Waals surface area contributed by atoms with Crippen molar-refractivity contribution >= 4 is 21.8 Å². The molecule has 1 aliphatic heterocycles. The molecule has 0 aliphatic carbocycles. The molecule has 1 aliphatic rings. The van der Waals surface area contributed by atoms with E-state index in [0.717, 1.165) is 34.4 Å². The van der Waals surface area contributed by atoms with Crippen LogP contribution in [0.1, 0.15) is 34.5 Å². The first-order valence-electron chi connectivity index (χ1n) is 8.07. The zero-order valence-corrected chi connectivity index (χ0v) is 15.4. The lowest BCUT2D eigenvalue weighted by atomic mass is 10.1. The van der Waals surface area contributed by atoms with E-state index in [-0.39, 0.29) is 18.1 Å². The van der Waals surface area contributed by atoms with Crippen molar-refractivity contribution in [1.82, 2.24) is 10.6 Å². The van der Waals surface area contributed by atoms with Gasteiger partial charge in [0.1, 0.15) is 11.9 Å². The Labute approximate surface area is 150 Å². The second kappa shape index (κ2) is 7.36. The van der Waals surface area contributed by atoms with Crippen LogP contribution in [-0.4, -0.2) is 25.1 Å². The highest BCUT2D eigenvalue weighted by Gasteiger charge is 2.20. The van der Waals surface area contributed by atoms with Gasteiger partial charge in [-0.15, -0.1) is 0 Å². The fourth-order valence-corrected chi connectivity index (χ4v) is 3.01. The highest BCUT2D eigenvalue weighted by Crippen LogP contribution is 2.22. The van der Waals surface area contributed by atoms with Gasteiger partial charge in [-0.25, -0.2) is 0 Å². The Morgan fingerprint density at radius 3 is 2.75 bits per heavy atom. The standard InChI is InChI=1S/C19H21BrN2O2/c1-12-6-7-16(24-17-10-21-11-17)9-18(12)19(23)22-13(2)14-4-3-5-15(20)8-14/h3-9,13,17,21H,10-11H2,1-2H3,(H,22,23). The number of ether oxygens (including phenoxy) is 1. The van der Waals surface area contributed by atoms with Crippen LogP contribution in [0.3, 0.4) is 0 Å². The van der Waals surface area contributed by atoms with Crippen LogP contribution in [0, 0.1) is 6.92 Å². The van der Waals surface area contributed by atoms with Gasteiger partial charge in [0.25, 0.3) is 5.91 Å². The maximum absolute atomic E-state index is 12.7. The van der Waals surface area contributed by atoms with Crippen LogP contribution in [0.25, 0.3) is 0 Å². The van der Waals surface area contributed by atoms with Gasteiger partial charge in [-0.2, -0.15) is 0 Å². The smallest absolute Gasteiger partial charge is 0.252 e. The minimum atomic E-state index is -0.0860. The summed E-state index contributed by atoms with van der Waals surface area (Å²) in [6.07, 6.45) is 0.198. The summed E-state index contributed by atoms with van der Waals surface area (Å²) in [6.45, 7) is 5.63. The second-order valence-corrected chi connectivity index (χ2v) is 7.04. The van der Waals surface area contributed by atoms with E-state index in [1.807, 2.05) is 56.3 Å². The van der Waals surface area contributed by atoms with E-state index >= 15 is 0 Å². The molecule has 1 unspecified atom stereocenters. The quantitative estimate of drug-likeness (QED) is 0.822. The molecule has 3 rings (SSSR count). The molecule has 1 atom stereocenters. The van der Waals surface area contributed by atoms with E-state index in [0.29, 0.717) is 5.56 Å². The normalized spacial score (nSPS) is 15.5. The first-order chi connectivity index (χ1) is 11.5. The van der Waals surface area contributed by atoms with Gasteiger partial charge in [-0.1, -0.05) is 34.1 Å². The van der Waals surface area contributed by atoms with Crippen molar-refractivity contribution in [2.75, 3.05) is 13.1 Å². The molecule has 5 heteroatoms. The van der Waals surface area contributed by atoms with Crippen molar-refractivity contribution in [2.45, 2.75) is 26.0 Å². The van der Waals surface area contributed by atoms with E-state index < -0.39 is 0 Å². The molecule has 24 heavy (non-hydrogen) atoms. The molecular formula is C19H21BrN2O2. The number of nitrogens with one attached hydrogen (secondary N) is 2. The van der Waals surface area contributed by atoms with Gasteiger partial charge in [-0.3, -0.25) is 4.79 Å². The van der Waals surface area contributed by atoms with E-state index in [4.69, 9.17) is 4.74 Å². The van der Waals surface area contributed by atoms with Crippen LogP contribution in [0.2, 0.25) is 0 Å². The third-order valence-electron chi connectivity index (χ3n) is 4.20. The minimum Gasteiger partial charge on any atom is -0.488 e. The summed E-state index contributed by atoms with van der Waals surface area (Å²) >= 11 is 3.46. The van der Waals surface area contributed by atoms with Gasteiger partial charge in [0.2, 0.25) is 0 Å². The molecule has 2 aromatic rings. The lowest BCUT2D eigenvalue weighted by Crippen LogP contribution is -2.50. The Hall–Kier alpha value is -1.85. The third kappa shape index (κ3) is 3.97. The van der Waals surface area contributed by atoms with Crippen molar-refractivity contribution in [2.24, 2.45) is 0 Å². The van der Waals surface area contributed by atoms with E-state index in [2.05, 4.69) is 26.6 Å². The topological polar surface area (TPSA) is 50.4 Å². The van der Waals surface area contributed by atoms with Crippen LogP contribution in [0.5, 0.6) is 5.75 Å². The van der Waals surface area contributed by atoms with Crippen molar-refractivity contribution < 1.29 is 9.53 Å². The summed E-state index contributed by atoms with van der Waals surface area (Å²) in [5.74, 6) is 0.657. The average Bonchev–Trinajstić information content (AvgIpc) is 2.52. The summed E-state index contributed by atoms with van der Waals surface area (Å²) in [6, 6.07) is 13.6. The largest absolute Gasteiger partial charge is 0.488 e. The number of carbonyl (C=O) groups excluding carboxylic acids is 1. The maximum Gasteiger partial charge on any atom is 0.252 e. The van der Waals surface area contributed by atoms with Gasteiger partial charge in [0.15, 0.2) is 0 Å². The molecule has 1 amide bonds. The average molecular weight is 389 g/mol. The maximum atomic E-state index is 12.7. The number of hydrogen-bond donors (Lipinski definition) is 2. The van der Waals surface area contributed by atoms with Crippen molar-refractivity contribution in [3.8, 4) is 5.75 Å². The molecule has 1 heterocycles. The van der Waals surface area contributed by atoms with Gasteiger partial charge in [0, 0.05) is 23.1 Å². The summed E-state index contributed by atoms with van der Waals surface area (Å²) in [4.78, 5) is 12.7. The zero-order chi connectivity index (χ0) is 17.1. The predicted octanol–water partition coefficient (Wildman–Crippen LogP) is 3.60. The number of rotatable bonds is 5. The first kappa shape index (κ1) is 17.0. The van der Waals surface area contributed by atoms with Crippen LogP contribution < -0.4 is 15.4 Å². The Kier molecular flexibility index (Phi) is 5.21. The van der Waals surface area contributed by atoms with Crippen LogP contribution in [0.15, 0.2) is 46.9 Å². The van der Waals surface area contributed by atoms with E-state index in [9.17, 15) is 4.79 Å². The van der Waals surface area contributed by atoms with Crippen molar-refractivity contribution in [3.05, 3.63) is 63.6 Å². The van der Waals surface area contributed by atoms with Crippen LogP contribution >= 0.6 is 15.9 Å². The fraction of sp³-hybridized carbons (Fsp3) is 0.316. The SMILES string of the molecule is Cc1ccc(OC2CNC2)cc1C(=O)NC(C)c1cccc(Br)c1. The molecule has 126 valence electrons. The predicted molar refractivity (Wildman–Crippen MR) is 98.5 cm³/mol. The molecule has 2 N–H and O–H groups in total. The lowest BCUT2D eigenvalue weighted by molar-refractivity contribution is 0.0937. The molecule has 0 spiro atoms.